The van der Waals surface area contributed by atoms with Crippen LogP contribution < -0.4 is 5.32 Å². The molecule has 5 rings (SSSR count). The molecule has 4 aromatic rings. The molecule has 37 heavy (non-hydrogen) atoms. The standard InChI is InChI=1S/C28H28F2N4O2S/c1-16-8-18(6-7-22(16)25(35)9-17-4-5-17)24-14-31-27-23(32-15-28(2,3)36)13-26(33-34(24)27)37-21-11-19(29)10-20(30)12-21/h6-8,10-14,17,32,36H,4-5,9,15H2,1-3H3. The number of anilines is 1. The third kappa shape index (κ3) is 5.99. The first-order valence-electron chi connectivity index (χ1n) is 12.2. The van der Waals surface area contributed by atoms with Crippen molar-refractivity contribution in [2.75, 3.05) is 11.9 Å². The van der Waals surface area contributed by atoms with Crippen molar-refractivity contribution < 1.29 is 18.7 Å². The Balaban J connectivity index is 1.54. The zero-order valence-corrected chi connectivity index (χ0v) is 21.7. The van der Waals surface area contributed by atoms with Crippen LogP contribution in [-0.4, -0.2) is 37.6 Å². The van der Waals surface area contributed by atoms with Gasteiger partial charge >= 0.3 is 0 Å². The van der Waals surface area contributed by atoms with Gasteiger partial charge in [-0.1, -0.05) is 23.9 Å². The minimum Gasteiger partial charge on any atom is -0.389 e. The molecule has 1 fully saturated rings. The van der Waals surface area contributed by atoms with Crippen LogP contribution in [0.15, 0.2) is 58.6 Å². The Bertz CT molecular complexity index is 1470. The highest BCUT2D eigenvalue weighted by atomic mass is 32.2. The van der Waals surface area contributed by atoms with Crippen molar-refractivity contribution in [1.82, 2.24) is 14.6 Å². The van der Waals surface area contributed by atoms with E-state index in [0.29, 0.717) is 39.3 Å². The lowest BCUT2D eigenvalue weighted by Gasteiger charge is -2.19. The van der Waals surface area contributed by atoms with Gasteiger partial charge in [-0.2, -0.15) is 5.10 Å². The second kappa shape index (κ2) is 9.87. The number of halogens is 2. The van der Waals surface area contributed by atoms with E-state index in [2.05, 4.69) is 10.3 Å². The number of aromatic nitrogens is 3. The lowest BCUT2D eigenvalue weighted by molar-refractivity contribution is 0.0943. The van der Waals surface area contributed by atoms with E-state index in [1.165, 1.54) is 12.1 Å². The summed E-state index contributed by atoms with van der Waals surface area (Å²) < 4.78 is 29.3. The number of benzene rings is 2. The Morgan fingerprint density at radius 2 is 1.89 bits per heavy atom. The number of nitrogens with one attached hydrogen (secondary N) is 1. The lowest BCUT2D eigenvalue weighted by atomic mass is 9.98. The van der Waals surface area contributed by atoms with Gasteiger partial charge in [0.15, 0.2) is 11.4 Å². The molecule has 1 aliphatic rings. The molecule has 9 heteroatoms. The smallest absolute Gasteiger partial charge is 0.177 e. The summed E-state index contributed by atoms with van der Waals surface area (Å²) in [5.74, 6) is -0.646. The number of hydrogen-bond donors (Lipinski definition) is 2. The molecule has 0 bridgehead atoms. The first-order chi connectivity index (χ1) is 17.6. The van der Waals surface area contributed by atoms with Gasteiger partial charge < -0.3 is 10.4 Å². The fourth-order valence-electron chi connectivity index (χ4n) is 4.17. The van der Waals surface area contributed by atoms with Crippen LogP contribution in [0.3, 0.4) is 0 Å². The second-order valence-electron chi connectivity index (χ2n) is 10.2. The maximum atomic E-state index is 13.8. The minimum atomic E-state index is -0.978. The van der Waals surface area contributed by atoms with Gasteiger partial charge in [-0.25, -0.2) is 18.3 Å². The minimum absolute atomic E-state index is 0.168. The van der Waals surface area contributed by atoms with Crippen LogP contribution in [0.25, 0.3) is 16.9 Å². The number of imidazole rings is 1. The Hall–Kier alpha value is -3.30. The molecule has 0 saturated heterocycles. The van der Waals surface area contributed by atoms with E-state index in [1.54, 1.807) is 30.6 Å². The molecule has 0 radical (unpaired) electrons. The van der Waals surface area contributed by atoms with Gasteiger partial charge in [-0.15, -0.1) is 0 Å². The summed E-state index contributed by atoms with van der Waals surface area (Å²) in [4.78, 5) is 17.6. The summed E-state index contributed by atoms with van der Waals surface area (Å²) in [7, 11) is 0. The Morgan fingerprint density at radius 3 is 2.54 bits per heavy atom. The van der Waals surface area contributed by atoms with Crippen molar-refractivity contribution in [2.45, 2.75) is 55.6 Å². The molecule has 0 aliphatic heterocycles. The highest BCUT2D eigenvalue weighted by Gasteiger charge is 2.26. The predicted molar refractivity (Wildman–Crippen MR) is 140 cm³/mol. The van der Waals surface area contributed by atoms with E-state index >= 15 is 0 Å². The monoisotopic (exact) mass is 522 g/mol. The fraction of sp³-hybridized carbons (Fsp3) is 0.321. The quantitative estimate of drug-likeness (QED) is 0.251. The maximum Gasteiger partial charge on any atom is 0.177 e. The van der Waals surface area contributed by atoms with Gasteiger partial charge in [-0.3, -0.25) is 4.79 Å². The van der Waals surface area contributed by atoms with Gasteiger partial charge in [0, 0.05) is 35.1 Å². The van der Waals surface area contributed by atoms with Gasteiger partial charge in [-0.05, 0) is 69.4 Å². The van der Waals surface area contributed by atoms with Crippen LogP contribution in [0.4, 0.5) is 14.5 Å². The topological polar surface area (TPSA) is 79.5 Å². The highest BCUT2D eigenvalue weighted by Crippen LogP contribution is 2.35. The molecule has 0 spiro atoms. The van der Waals surface area contributed by atoms with Gasteiger partial charge in [0.1, 0.15) is 16.7 Å². The highest BCUT2D eigenvalue weighted by molar-refractivity contribution is 7.99. The Kier molecular flexibility index (Phi) is 6.76. The fourth-order valence-corrected chi connectivity index (χ4v) is 5.06. The summed E-state index contributed by atoms with van der Waals surface area (Å²) in [6, 6.07) is 10.8. The molecule has 2 heterocycles. The van der Waals surface area contributed by atoms with Gasteiger partial charge in [0.2, 0.25) is 0 Å². The molecule has 1 aliphatic carbocycles. The average molecular weight is 523 g/mol. The SMILES string of the molecule is Cc1cc(-c2cnc3c(NCC(C)(C)O)cc(Sc4cc(F)cc(F)c4)nn23)ccc1C(=O)CC1CC1. The molecular weight excluding hydrogens is 494 g/mol. The van der Waals surface area contributed by atoms with Gasteiger partial charge in [0.05, 0.1) is 23.2 Å². The molecular formula is C28H28F2N4O2S. The molecule has 2 aromatic heterocycles. The van der Waals surface area contributed by atoms with Crippen molar-refractivity contribution in [1.29, 1.82) is 0 Å². The Morgan fingerprint density at radius 1 is 1.16 bits per heavy atom. The van der Waals surface area contributed by atoms with E-state index in [9.17, 15) is 18.7 Å². The van der Waals surface area contributed by atoms with Crippen molar-refractivity contribution in [3.63, 3.8) is 0 Å². The van der Waals surface area contributed by atoms with Crippen LogP contribution in [0.2, 0.25) is 0 Å². The number of fused-ring (bicyclic) bond motifs is 1. The number of carbonyl (C=O) groups is 1. The number of rotatable bonds is 9. The largest absolute Gasteiger partial charge is 0.389 e. The van der Waals surface area contributed by atoms with Gasteiger partial charge in [0.25, 0.3) is 0 Å². The van der Waals surface area contributed by atoms with Crippen LogP contribution >= 0.6 is 11.8 Å². The van der Waals surface area contributed by atoms with Crippen LogP contribution in [0.5, 0.6) is 0 Å². The number of ketones is 1. The predicted octanol–water partition coefficient (Wildman–Crippen LogP) is 6.30. The third-order valence-electron chi connectivity index (χ3n) is 6.21. The van der Waals surface area contributed by atoms with E-state index in [0.717, 1.165) is 47.4 Å². The normalized spacial score (nSPS) is 13.8. The molecule has 2 aromatic carbocycles. The Labute approximate surface area is 218 Å². The number of aliphatic hydroxyl groups is 1. The zero-order valence-electron chi connectivity index (χ0n) is 20.9. The molecule has 0 atom stereocenters. The number of carbonyl (C=O) groups excluding carboxylic acids is 1. The third-order valence-corrected chi connectivity index (χ3v) is 7.09. The van der Waals surface area contributed by atoms with E-state index in [1.807, 2.05) is 25.1 Å². The average Bonchev–Trinajstić information content (AvgIpc) is 3.51. The summed E-state index contributed by atoms with van der Waals surface area (Å²) >= 11 is 1.12. The van der Waals surface area contributed by atoms with Crippen molar-refractivity contribution in [3.8, 4) is 11.3 Å². The first-order valence-corrected chi connectivity index (χ1v) is 13.0. The number of hydrogen-bond acceptors (Lipinski definition) is 6. The summed E-state index contributed by atoms with van der Waals surface area (Å²) in [6.07, 6.45) is 4.55. The van der Waals surface area contributed by atoms with Crippen LogP contribution in [0.1, 0.15) is 49.0 Å². The number of nitrogens with zero attached hydrogens (tertiary/aromatic N) is 3. The van der Waals surface area contributed by atoms with E-state index < -0.39 is 17.2 Å². The molecule has 2 N–H and O–H groups in total. The van der Waals surface area contributed by atoms with Crippen LogP contribution in [0, 0.1) is 24.5 Å². The molecule has 1 saturated carbocycles. The summed E-state index contributed by atoms with van der Waals surface area (Å²) in [5.41, 5.74) is 3.35. The first kappa shape index (κ1) is 25.4. The molecule has 6 nitrogen and oxygen atoms in total. The number of Topliss-reactive ketones (excluding diaryl/α,β-unsaturated/α-hetero) is 1. The second-order valence-corrected chi connectivity index (χ2v) is 11.3. The lowest BCUT2D eigenvalue weighted by Crippen LogP contribution is -2.29. The maximum absolute atomic E-state index is 13.8. The molecule has 0 unspecified atom stereocenters. The number of aryl methyl sites for hydroxylation is 1. The van der Waals surface area contributed by atoms with Crippen molar-refractivity contribution >= 4 is 28.9 Å². The van der Waals surface area contributed by atoms with Crippen molar-refractivity contribution in [3.05, 3.63) is 71.4 Å². The summed E-state index contributed by atoms with van der Waals surface area (Å²) in [6.45, 7) is 5.56. The zero-order chi connectivity index (χ0) is 26.3. The van der Waals surface area contributed by atoms with E-state index in [-0.39, 0.29) is 12.3 Å². The van der Waals surface area contributed by atoms with Crippen LogP contribution in [-0.2, 0) is 0 Å². The van der Waals surface area contributed by atoms with Crippen molar-refractivity contribution in [2.24, 2.45) is 5.92 Å². The molecule has 0 amide bonds. The molecule has 192 valence electrons. The van der Waals surface area contributed by atoms with E-state index in [4.69, 9.17) is 5.10 Å². The summed E-state index contributed by atoms with van der Waals surface area (Å²) in [5, 5.41) is 18.7.